The van der Waals surface area contributed by atoms with Crippen molar-refractivity contribution < 1.29 is 18.0 Å². The topological polar surface area (TPSA) is 86.8 Å². The van der Waals surface area contributed by atoms with E-state index < -0.39 is 28.5 Å². The summed E-state index contributed by atoms with van der Waals surface area (Å²) < 4.78 is 28.7. The van der Waals surface area contributed by atoms with E-state index in [-0.39, 0.29) is 39.1 Å². The lowest BCUT2D eigenvalue weighted by atomic mass is 10.1. The van der Waals surface area contributed by atoms with Gasteiger partial charge in [0, 0.05) is 22.6 Å². The molecule has 1 saturated carbocycles. The number of nitrogens with zero attached hydrogens (tertiary/aromatic N) is 2. The second kappa shape index (κ2) is 13.1. The number of hydrogen-bond donors (Lipinski definition) is 1. The molecular formula is C30H33Cl2N3O4S. The number of rotatable bonds is 10. The third kappa shape index (κ3) is 7.36. The average molecular weight is 603 g/mol. The zero-order valence-corrected chi connectivity index (χ0v) is 24.8. The average Bonchev–Trinajstić information content (AvgIpc) is 3.42. The Morgan fingerprint density at radius 1 is 0.950 bits per heavy atom. The SMILES string of the molecule is Cc1cccc(CN(C(=O)CN(c2cc(Cl)cc(Cl)c2)S(=O)(=O)c2ccccc2)[C@H](C)C(=O)NC2CCCC2)c1. The summed E-state index contributed by atoms with van der Waals surface area (Å²) in [6.45, 7) is 3.20. The van der Waals surface area contributed by atoms with E-state index >= 15 is 0 Å². The number of carbonyl (C=O) groups is 2. The lowest BCUT2D eigenvalue weighted by molar-refractivity contribution is -0.139. The highest BCUT2D eigenvalue weighted by molar-refractivity contribution is 7.92. The van der Waals surface area contributed by atoms with Crippen LogP contribution in [0.4, 0.5) is 5.69 Å². The number of nitrogens with one attached hydrogen (secondary N) is 1. The molecule has 7 nitrogen and oxygen atoms in total. The number of aryl methyl sites for hydroxylation is 1. The number of sulfonamides is 1. The molecule has 0 saturated heterocycles. The molecule has 0 heterocycles. The van der Waals surface area contributed by atoms with Crippen LogP contribution in [0.1, 0.15) is 43.7 Å². The zero-order chi connectivity index (χ0) is 28.9. The molecule has 0 spiro atoms. The summed E-state index contributed by atoms with van der Waals surface area (Å²) in [5.74, 6) is -0.803. The standard InChI is InChI=1S/C30H33Cl2N3O4S/c1-21-9-8-10-23(15-21)19-34(22(2)30(37)33-26-11-6-7-12-26)29(36)20-35(27-17-24(31)16-25(32)18-27)40(38,39)28-13-4-3-5-14-28/h3-5,8-10,13-18,22,26H,6-7,11-12,19-20H2,1-2H3,(H,33,37)/t22-/m1/s1. The molecule has 0 aromatic heterocycles. The minimum Gasteiger partial charge on any atom is -0.352 e. The zero-order valence-electron chi connectivity index (χ0n) is 22.5. The number of hydrogen-bond acceptors (Lipinski definition) is 4. The Hall–Kier alpha value is -3.07. The molecule has 1 atom stereocenters. The largest absolute Gasteiger partial charge is 0.352 e. The second-order valence-electron chi connectivity index (χ2n) is 10.1. The molecule has 2 amide bonds. The summed E-state index contributed by atoms with van der Waals surface area (Å²) >= 11 is 12.5. The van der Waals surface area contributed by atoms with Crippen LogP contribution in [-0.2, 0) is 26.2 Å². The maximum atomic E-state index is 14.0. The Kier molecular flexibility index (Phi) is 9.77. The van der Waals surface area contributed by atoms with Gasteiger partial charge in [0.15, 0.2) is 0 Å². The fourth-order valence-corrected chi connectivity index (χ4v) is 6.85. The molecule has 3 aromatic rings. The first kappa shape index (κ1) is 29.9. The normalized spacial score (nSPS) is 14.5. The Morgan fingerprint density at radius 3 is 2.23 bits per heavy atom. The van der Waals surface area contributed by atoms with Crippen LogP contribution in [0.5, 0.6) is 0 Å². The summed E-state index contributed by atoms with van der Waals surface area (Å²) in [7, 11) is -4.19. The smallest absolute Gasteiger partial charge is 0.264 e. The van der Waals surface area contributed by atoms with Gasteiger partial charge in [-0.05, 0) is 62.6 Å². The molecule has 0 aliphatic heterocycles. The molecule has 1 N–H and O–H groups in total. The molecule has 10 heteroatoms. The highest BCUT2D eigenvalue weighted by atomic mass is 35.5. The van der Waals surface area contributed by atoms with Crippen molar-refractivity contribution in [3.63, 3.8) is 0 Å². The van der Waals surface area contributed by atoms with Gasteiger partial charge >= 0.3 is 0 Å². The maximum Gasteiger partial charge on any atom is 0.264 e. The van der Waals surface area contributed by atoms with E-state index in [0.29, 0.717) is 0 Å². The van der Waals surface area contributed by atoms with E-state index in [1.165, 1.54) is 35.2 Å². The molecule has 3 aromatic carbocycles. The van der Waals surface area contributed by atoms with E-state index in [2.05, 4.69) is 5.32 Å². The van der Waals surface area contributed by atoms with Crippen molar-refractivity contribution in [3.8, 4) is 0 Å². The first-order chi connectivity index (χ1) is 19.0. The van der Waals surface area contributed by atoms with Crippen LogP contribution >= 0.6 is 23.2 Å². The predicted molar refractivity (Wildman–Crippen MR) is 159 cm³/mol. The van der Waals surface area contributed by atoms with Gasteiger partial charge in [-0.15, -0.1) is 0 Å². The fraction of sp³-hybridized carbons (Fsp3) is 0.333. The van der Waals surface area contributed by atoms with Crippen LogP contribution in [0, 0.1) is 6.92 Å². The third-order valence-corrected chi connectivity index (χ3v) is 9.27. The molecule has 0 radical (unpaired) electrons. The molecule has 212 valence electrons. The molecular weight excluding hydrogens is 569 g/mol. The van der Waals surface area contributed by atoms with Crippen molar-refractivity contribution in [1.82, 2.24) is 10.2 Å². The van der Waals surface area contributed by atoms with Gasteiger partial charge in [-0.3, -0.25) is 13.9 Å². The molecule has 1 aliphatic carbocycles. The second-order valence-corrected chi connectivity index (χ2v) is 12.9. The lowest BCUT2D eigenvalue weighted by Crippen LogP contribution is -2.52. The summed E-state index contributed by atoms with van der Waals surface area (Å²) in [5.41, 5.74) is 1.99. The van der Waals surface area contributed by atoms with Crippen molar-refractivity contribution in [2.75, 3.05) is 10.8 Å². The highest BCUT2D eigenvalue weighted by Gasteiger charge is 2.33. The summed E-state index contributed by atoms with van der Waals surface area (Å²) in [6.07, 6.45) is 3.92. The van der Waals surface area contributed by atoms with E-state index in [4.69, 9.17) is 23.2 Å². The van der Waals surface area contributed by atoms with Gasteiger partial charge in [-0.2, -0.15) is 0 Å². The number of anilines is 1. The van der Waals surface area contributed by atoms with Gasteiger partial charge in [0.1, 0.15) is 12.6 Å². The molecule has 4 rings (SSSR count). The first-order valence-electron chi connectivity index (χ1n) is 13.2. The van der Waals surface area contributed by atoms with Crippen LogP contribution < -0.4 is 9.62 Å². The quantitative estimate of drug-likeness (QED) is 0.310. The van der Waals surface area contributed by atoms with E-state index in [9.17, 15) is 18.0 Å². The molecule has 0 unspecified atom stereocenters. The van der Waals surface area contributed by atoms with Crippen molar-refractivity contribution >= 4 is 50.7 Å². The Bertz CT molecular complexity index is 1440. The van der Waals surface area contributed by atoms with Gasteiger partial charge in [0.25, 0.3) is 10.0 Å². The van der Waals surface area contributed by atoms with Crippen molar-refractivity contribution in [2.45, 2.75) is 63.1 Å². The van der Waals surface area contributed by atoms with Crippen LogP contribution in [0.3, 0.4) is 0 Å². The van der Waals surface area contributed by atoms with E-state index in [1.54, 1.807) is 25.1 Å². The maximum absolute atomic E-state index is 14.0. The number of amides is 2. The molecule has 0 bridgehead atoms. The number of halogens is 2. The molecule has 1 aliphatic rings. The van der Waals surface area contributed by atoms with Crippen molar-refractivity contribution in [3.05, 3.63) is 94.0 Å². The van der Waals surface area contributed by atoms with Gasteiger partial charge < -0.3 is 10.2 Å². The Morgan fingerprint density at radius 2 is 1.60 bits per heavy atom. The molecule has 1 fully saturated rings. The summed E-state index contributed by atoms with van der Waals surface area (Å²) in [4.78, 5) is 28.8. The molecule has 40 heavy (non-hydrogen) atoms. The summed E-state index contributed by atoms with van der Waals surface area (Å²) in [6, 6.07) is 19.1. The van der Waals surface area contributed by atoms with Crippen LogP contribution in [0.2, 0.25) is 10.0 Å². The van der Waals surface area contributed by atoms with Crippen molar-refractivity contribution in [2.24, 2.45) is 0 Å². The van der Waals surface area contributed by atoms with Crippen LogP contribution in [0.15, 0.2) is 77.7 Å². The Labute approximate surface area is 246 Å². The predicted octanol–water partition coefficient (Wildman–Crippen LogP) is 5.97. The van der Waals surface area contributed by atoms with Crippen LogP contribution in [-0.4, -0.2) is 43.8 Å². The lowest BCUT2D eigenvalue weighted by Gasteiger charge is -2.32. The fourth-order valence-electron chi connectivity index (χ4n) is 4.91. The minimum atomic E-state index is -4.19. The summed E-state index contributed by atoms with van der Waals surface area (Å²) in [5, 5.41) is 3.52. The van der Waals surface area contributed by atoms with Gasteiger partial charge in [0.05, 0.1) is 10.6 Å². The Balaban J connectivity index is 1.70. The van der Waals surface area contributed by atoms with E-state index in [0.717, 1.165) is 41.1 Å². The van der Waals surface area contributed by atoms with Crippen LogP contribution in [0.25, 0.3) is 0 Å². The van der Waals surface area contributed by atoms with Gasteiger partial charge in [-0.25, -0.2) is 8.42 Å². The minimum absolute atomic E-state index is 0.0103. The first-order valence-corrected chi connectivity index (χ1v) is 15.4. The van der Waals surface area contributed by atoms with E-state index in [1.807, 2.05) is 31.2 Å². The van der Waals surface area contributed by atoms with Gasteiger partial charge in [-0.1, -0.05) is 84.1 Å². The number of carbonyl (C=O) groups excluding carboxylic acids is 2. The third-order valence-electron chi connectivity index (χ3n) is 7.05. The van der Waals surface area contributed by atoms with Gasteiger partial charge in [0.2, 0.25) is 11.8 Å². The number of benzene rings is 3. The van der Waals surface area contributed by atoms with Crippen molar-refractivity contribution in [1.29, 1.82) is 0 Å². The highest BCUT2D eigenvalue weighted by Crippen LogP contribution is 2.30. The monoisotopic (exact) mass is 601 g/mol.